The Hall–Kier alpha value is -1.83. The maximum Gasteiger partial charge on any atom is 0.421 e. The van der Waals surface area contributed by atoms with Crippen LogP contribution in [0, 0.1) is 5.82 Å². The number of rotatable bonds is 2. The molecule has 0 aliphatic carbocycles. The number of carboxylic acid groups (broad SMARTS) is 1. The van der Waals surface area contributed by atoms with Crippen LogP contribution in [0.3, 0.4) is 0 Å². The molecule has 1 atom stereocenters. The van der Waals surface area contributed by atoms with E-state index in [1.54, 1.807) is 20.8 Å². The Labute approximate surface area is 125 Å². The van der Waals surface area contributed by atoms with E-state index in [0.29, 0.717) is 13.0 Å². The Morgan fingerprint density at radius 1 is 1.14 bits per heavy atom. The third-order valence-corrected chi connectivity index (χ3v) is 3.15. The lowest BCUT2D eigenvalue weighted by molar-refractivity contribution is -0.259. The third-order valence-electron chi connectivity index (χ3n) is 3.15. The summed E-state index contributed by atoms with van der Waals surface area (Å²) in [6, 6.07) is 2.42. The molecule has 0 aromatic heterocycles. The van der Waals surface area contributed by atoms with Crippen molar-refractivity contribution in [2.45, 2.75) is 45.0 Å². The van der Waals surface area contributed by atoms with Crippen molar-refractivity contribution in [2.24, 2.45) is 0 Å². The molecular formula is C14H17F4NO3. The van der Waals surface area contributed by atoms with Gasteiger partial charge in [-0.3, -0.25) is 4.90 Å². The van der Waals surface area contributed by atoms with Gasteiger partial charge in [0.2, 0.25) is 0 Å². The maximum atomic E-state index is 14.0. The van der Waals surface area contributed by atoms with Crippen LogP contribution in [0.5, 0.6) is 0 Å². The van der Waals surface area contributed by atoms with Crippen molar-refractivity contribution < 1.29 is 32.6 Å². The van der Waals surface area contributed by atoms with Gasteiger partial charge in [0.25, 0.3) is 0 Å². The fraction of sp³-hybridized carbons (Fsp3) is 0.500. The van der Waals surface area contributed by atoms with Gasteiger partial charge in [-0.1, -0.05) is 6.07 Å². The molecule has 1 rings (SSSR count). The molecule has 0 heterocycles. The largest absolute Gasteiger partial charge is 0.465 e. The van der Waals surface area contributed by atoms with Crippen molar-refractivity contribution in [3.63, 3.8) is 0 Å². The summed E-state index contributed by atoms with van der Waals surface area (Å²) in [4.78, 5) is 12.1. The topological polar surface area (TPSA) is 60.8 Å². The number of hydrogen-bond acceptors (Lipinski definition) is 2. The van der Waals surface area contributed by atoms with Gasteiger partial charge in [0.1, 0.15) is 5.82 Å². The van der Waals surface area contributed by atoms with Gasteiger partial charge in [0.05, 0.1) is 5.69 Å². The molecule has 0 saturated heterocycles. The molecule has 0 bridgehead atoms. The van der Waals surface area contributed by atoms with Crippen LogP contribution in [0.15, 0.2) is 18.2 Å². The number of alkyl halides is 3. The molecule has 0 fully saturated rings. The van der Waals surface area contributed by atoms with E-state index in [4.69, 9.17) is 0 Å². The molecule has 4 nitrogen and oxygen atoms in total. The van der Waals surface area contributed by atoms with Crippen molar-refractivity contribution in [2.75, 3.05) is 4.90 Å². The second kappa shape index (κ2) is 5.42. The van der Waals surface area contributed by atoms with Crippen molar-refractivity contribution in [3.05, 3.63) is 29.6 Å². The summed E-state index contributed by atoms with van der Waals surface area (Å²) in [7, 11) is 0. The highest BCUT2D eigenvalue weighted by Crippen LogP contribution is 2.40. The number of benzene rings is 1. The molecule has 1 aromatic carbocycles. The molecule has 22 heavy (non-hydrogen) atoms. The van der Waals surface area contributed by atoms with Gasteiger partial charge in [-0.25, -0.2) is 9.18 Å². The summed E-state index contributed by atoms with van der Waals surface area (Å²) >= 11 is 0. The number of amides is 1. The van der Waals surface area contributed by atoms with Crippen molar-refractivity contribution in [3.8, 4) is 0 Å². The highest BCUT2D eigenvalue weighted by Gasteiger charge is 2.52. The number of halogens is 4. The van der Waals surface area contributed by atoms with Crippen LogP contribution >= 0.6 is 0 Å². The van der Waals surface area contributed by atoms with Crippen LogP contribution < -0.4 is 4.90 Å². The second-order valence-electron chi connectivity index (χ2n) is 6.02. The highest BCUT2D eigenvalue weighted by molar-refractivity contribution is 5.87. The van der Waals surface area contributed by atoms with Gasteiger partial charge in [-0.05, 0) is 39.8 Å². The number of anilines is 1. The van der Waals surface area contributed by atoms with Crippen LogP contribution in [0.1, 0.15) is 33.3 Å². The number of aliphatic hydroxyl groups is 1. The number of nitrogens with zero attached hydrogens (tertiary/aromatic N) is 1. The first-order valence-corrected chi connectivity index (χ1v) is 6.32. The van der Waals surface area contributed by atoms with Crippen LogP contribution in [0.4, 0.5) is 28.0 Å². The first-order chi connectivity index (χ1) is 9.69. The van der Waals surface area contributed by atoms with Crippen molar-refractivity contribution in [1.82, 2.24) is 0 Å². The molecule has 1 aromatic rings. The Bertz CT molecular complexity index is 576. The molecule has 8 heteroatoms. The third kappa shape index (κ3) is 3.32. The average Bonchev–Trinajstić information content (AvgIpc) is 2.24. The van der Waals surface area contributed by atoms with Gasteiger partial charge in [0, 0.05) is 11.1 Å². The lowest BCUT2D eigenvalue weighted by Crippen LogP contribution is -2.45. The van der Waals surface area contributed by atoms with E-state index in [2.05, 4.69) is 0 Å². The van der Waals surface area contributed by atoms with E-state index in [9.17, 15) is 32.6 Å². The van der Waals surface area contributed by atoms with E-state index in [1.165, 1.54) is 0 Å². The van der Waals surface area contributed by atoms with E-state index >= 15 is 0 Å². The zero-order chi connectivity index (χ0) is 17.5. The zero-order valence-corrected chi connectivity index (χ0v) is 12.5. The lowest BCUT2D eigenvalue weighted by atomic mass is 9.94. The Morgan fingerprint density at radius 2 is 1.64 bits per heavy atom. The minimum atomic E-state index is -5.06. The Kier molecular flexibility index (Phi) is 4.49. The van der Waals surface area contributed by atoms with E-state index in [0.717, 1.165) is 17.0 Å². The van der Waals surface area contributed by atoms with Crippen LogP contribution in [-0.4, -0.2) is 28.0 Å². The number of carbonyl (C=O) groups is 1. The highest BCUT2D eigenvalue weighted by atomic mass is 19.4. The molecule has 0 aliphatic heterocycles. The average molecular weight is 323 g/mol. The molecule has 0 aliphatic rings. The molecule has 1 amide bonds. The van der Waals surface area contributed by atoms with E-state index in [1.807, 2.05) is 0 Å². The molecule has 0 spiro atoms. The van der Waals surface area contributed by atoms with Crippen LogP contribution in [-0.2, 0) is 5.60 Å². The molecule has 0 saturated carbocycles. The maximum absolute atomic E-state index is 14.0. The normalized spacial score (nSPS) is 15.3. The quantitative estimate of drug-likeness (QED) is 0.812. The first kappa shape index (κ1) is 18.2. The smallest absolute Gasteiger partial charge is 0.421 e. The molecular weight excluding hydrogens is 306 g/mol. The summed E-state index contributed by atoms with van der Waals surface area (Å²) in [5.74, 6) is -1.34. The van der Waals surface area contributed by atoms with Gasteiger partial charge in [-0.2, -0.15) is 13.2 Å². The predicted octanol–water partition coefficient (Wildman–Crippen LogP) is 3.88. The van der Waals surface area contributed by atoms with E-state index in [-0.39, 0.29) is 5.69 Å². The van der Waals surface area contributed by atoms with Gasteiger partial charge in [0.15, 0.2) is 5.60 Å². The summed E-state index contributed by atoms with van der Waals surface area (Å²) in [5.41, 5.74) is -5.39. The standard InChI is InChI=1S/C14H17F4NO3/c1-12(2,3)19(11(20)21)8-5-6-9(10(15)7-8)13(4,22)14(16,17)18/h5-7,22H,1-4H3,(H,20,21). The molecule has 1 unspecified atom stereocenters. The van der Waals surface area contributed by atoms with Crippen molar-refractivity contribution in [1.29, 1.82) is 0 Å². The Balaban J connectivity index is 3.39. The van der Waals surface area contributed by atoms with E-state index < -0.39 is 34.8 Å². The summed E-state index contributed by atoms with van der Waals surface area (Å²) < 4.78 is 52.3. The molecule has 124 valence electrons. The SMILES string of the molecule is CC(C)(C)N(C(=O)O)c1ccc(C(C)(O)C(F)(F)F)c(F)c1. The first-order valence-electron chi connectivity index (χ1n) is 6.32. The Morgan fingerprint density at radius 3 is 1.95 bits per heavy atom. The number of hydrogen-bond donors (Lipinski definition) is 2. The fourth-order valence-electron chi connectivity index (χ4n) is 1.98. The fourth-order valence-corrected chi connectivity index (χ4v) is 1.98. The minimum Gasteiger partial charge on any atom is -0.465 e. The monoisotopic (exact) mass is 323 g/mol. The van der Waals surface area contributed by atoms with Gasteiger partial charge >= 0.3 is 12.3 Å². The summed E-state index contributed by atoms with van der Waals surface area (Å²) in [6.45, 7) is 5.10. The minimum absolute atomic E-state index is 0.126. The predicted molar refractivity (Wildman–Crippen MR) is 72.3 cm³/mol. The molecule has 2 N–H and O–H groups in total. The zero-order valence-electron chi connectivity index (χ0n) is 12.5. The summed E-state index contributed by atoms with van der Waals surface area (Å²) in [6.07, 6.45) is -6.44. The van der Waals surface area contributed by atoms with Crippen molar-refractivity contribution >= 4 is 11.8 Å². The van der Waals surface area contributed by atoms with Crippen LogP contribution in [0.2, 0.25) is 0 Å². The van der Waals surface area contributed by atoms with Crippen LogP contribution in [0.25, 0.3) is 0 Å². The molecule has 0 radical (unpaired) electrons. The second-order valence-corrected chi connectivity index (χ2v) is 6.02. The summed E-state index contributed by atoms with van der Waals surface area (Å²) in [5, 5.41) is 18.7. The van der Waals surface area contributed by atoms with Gasteiger partial charge < -0.3 is 10.2 Å². The lowest BCUT2D eigenvalue weighted by Gasteiger charge is -2.34. The van der Waals surface area contributed by atoms with Gasteiger partial charge in [-0.15, -0.1) is 0 Å².